The molecule has 7 nitrogen and oxygen atoms in total. The molecule has 0 aliphatic rings. The van der Waals surface area contributed by atoms with Crippen LogP contribution in [0.15, 0.2) is 17.7 Å². The number of rotatable bonds is 3. The zero-order valence-corrected chi connectivity index (χ0v) is 9.41. The average Bonchev–Trinajstić information content (AvgIpc) is 2.60. The lowest BCUT2D eigenvalue weighted by atomic mass is 9.90. The molecule has 0 aliphatic carbocycles. The summed E-state index contributed by atoms with van der Waals surface area (Å²) in [5.74, 6) is -0.216. The number of nitro groups is 1. The minimum absolute atomic E-state index is 0.216. The van der Waals surface area contributed by atoms with Crippen LogP contribution in [-0.2, 0) is 6.54 Å². The van der Waals surface area contributed by atoms with Crippen LogP contribution >= 0.6 is 0 Å². The van der Waals surface area contributed by atoms with E-state index in [1.54, 1.807) is 0 Å². The van der Waals surface area contributed by atoms with Gasteiger partial charge in [0.2, 0.25) is 6.33 Å². The van der Waals surface area contributed by atoms with Gasteiger partial charge in [0, 0.05) is 5.41 Å². The number of hydrogen-bond acceptors (Lipinski definition) is 5. The second-order valence-electron chi connectivity index (χ2n) is 4.46. The lowest BCUT2D eigenvalue weighted by molar-refractivity contribution is -0.389. The number of aromatic nitrogens is 2. The van der Waals surface area contributed by atoms with Crippen molar-refractivity contribution in [2.75, 3.05) is 0 Å². The third-order valence-corrected chi connectivity index (χ3v) is 2.13. The van der Waals surface area contributed by atoms with E-state index in [0.29, 0.717) is 5.71 Å². The highest BCUT2D eigenvalue weighted by Gasteiger charge is 2.21. The van der Waals surface area contributed by atoms with Crippen molar-refractivity contribution in [2.24, 2.45) is 10.6 Å². The molecule has 0 saturated carbocycles. The quantitative estimate of drug-likeness (QED) is 0.367. The van der Waals surface area contributed by atoms with Gasteiger partial charge in [0.25, 0.3) is 0 Å². The summed E-state index contributed by atoms with van der Waals surface area (Å²) in [4.78, 5) is 13.5. The van der Waals surface area contributed by atoms with E-state index in [9.17, 15) is 10.1 Å². The first-order chi connectivity index (χ1) is 7.34. The van der Waals surface area contributed by atoms with Crippen LogP contribution in [0.1, 0.15) is 20.8 Å². The van der Waals surface area contributed by atoms with E-state index in [0.717, 1.165) is 0 Å². The molecule has 0 aromatic carbocycles. The van der Waals surface area contributed by atoms with Gasteiger partial charge < -0.3 is 19.9 Å². The Hall–Kier alpha value is -1.92. The van der Waals surface area contributed by atoms with E-state index in [1.165, 1.54) is 17.1 Å². The molecule has 0 saturated heterocycles. The fraction of sp³-hybridized carbons (Fsp3) is 0.556. The molecule has 0 unspecified atom stereocenters. The fourth-order valence-electron chi connectivity index (χ4n) is 1.12. The van der Waals surface area contributed by atoms with Crippen molar-refractivity contribution >= 4 is 11.5 Å². The predicted octanol–water partition coefficient (Wildman–Crippen LogP) is 1.67. The lowest BCUT2D eigenvalue weighted by Gasteiger charge is -2.19. The summed E-state index contributed by atoms with van der Waals surface area (Å²) in [6.45, 7) is 5.97. The number of nitrogens with zero attached hydrogens (tertiary/aromatic N) is 4. The summed E-state index contributed by atoms with van der Waals surface area (Å²) in [5.41, 5.74) is 0.230. The van der Waals surface area contributed by atoms with E-state index in [4.69, 9.17) is 5.21 Å². The van der Waals surface area contributed by atoms with Crippen molar-refractivity contribution < 1.29 is 10.1 Å². The van der Waals surface area contributed by atoms with Crippen molar-refractivity contribution in [3.63, 3.8) is 0 Å². The van der Waals surface area contributed by atoms with Gasteiger partial charge in [-0.1, -0.05) is 25.9 Å². The summed E-state index contributed by atoms with van der Waals surface area (Å²) in [6, 6.07) is 0. The second kappa shape index (κ2) is 4.30. The molecule has 0 fully saturated rings. The van der Waals surface area contributed by atoms with Gasteiger partial charge in [-0.25, -0.2) is 0 Å². The molecule has 1 N–H and O–H groups in total. The Kier molecular flexibility index (Phi) is 3.26. The Balaban J connectivity index is 2.84. The average molecular weight is 226 g/mol. The third-order valence-electron chi connectivity index (χ3n) is 2.13. The van der Waals surface area contributed by atoms with Crippen molar-refractivity contribution in [3.05, 3.63) is 22.6 Å². The van der Waals surface area contributed by atoms with Crippen LogP contribution in [0.3, 0.4) is 0 Å². The standard InChI is InChI=1S/C9H14N4O3/c1-9(2,3)7(11-14)4-12-5-8(10-6-12)13(15)16/h5-6,14H,4H2,1-3H3/b11-7-. The van der Waals surface area contributed by atoms with Gasteiger partial charge in [-0.15, -0.1) is 0 Å². The second-order valence-corrected chi connectivity index (χ2v) is 4.46. The molecule has 16 heavy (non-hydrogen) atoms. The Labute approximate surface area is 92.6 Å². The van der Waals surface area contributed by atoms with Gasteiger partial charge in [0.15, 0.2) is 0 Å². The first kappa shape index (κ1) is 12.2. The van der Waals surface area contributed by atoms with Gasteiger partial charge in [-0.3, -0.25) is 0 Å². The minimum atomic E-state index is -0.566. The number of hydrogen-bond donors (Lipinski definition) is 1. The predicted molar refractivity (Wildman–Crippen MR) is 57.6 cm³/mol. The molecule has 1 aromatic rings. The molecule has 0 atom stereocenters. The molecule has 0 bridgehead atoms. The van der Waals surface area contributed by atoms with Crippen LogP contribution in [0.4, 0.5) is 5.82 Å². The lowest BCUT2D eigenvalue weighted by Crippen LogP contribution is -2.25. The third kappa shape index (κ3) is 2.78. The monoisotopic (exact) mass is 226 g/mol. The van der Waals surface area contributed by atoms with Crippen LogP contribution in [0, 0.1) is 15.5 Å². The van der Waals surface area contributed by atoms with E-state index in [2.05, 4.69) is 10.1 Å². The zero-order valence-electron chi connectivity index (χ0n) is 9.41. The van der Waals surface area contributed by atoms with Gasteiger partial charge in [0.1, 0.15) is 6.20 Å². The normalized spacial score (nSPS) is 12.8. The first-order valence-corrected chi connectivity index (χ1v) is 4.72. The maximum absolute atomic E-state index is 10.4. The maximum Gasteiger partial charge on any atom is 0.381 e. The van der Waals surface area contributed by atoms with Gasteiger partial charge >= 0.3 is 5.82 Å². The highest BCUT2D eigenvalue weighted by atomic mass is 16.6. The van der Waals surface area contributed by atoms with Crippen molar-refractivity contribution in [1.29, 1.82) is 0 Å². The fourth-order valence-corrected chi connectivity index (χ4v) is 1.12. The Morgan fingerprint density at radius 2 is 2.31 bits per heavy atom. The molecule has 1 aromatic heterocycles. The van der Waals surface area contributed by atoms with Crippen LogP contribution in [-0.4, -0.2) is 25.4 Å². The van der Waals surface area contributed by atoms with E-state index < -0.39 is 4.92 Å². The van der Waals surface area contributed by atoms with Crippen LogP contribution in [0.5, 0.6) is 0 Å². The van der Waals surface area contributed by atoms with E-state index >= 15 is 0 Å². The topological polar surface area (TPSA) is 93.5 Å². The zero-order chi connectivity index (χ0) is 12.3. The largest absolute Gasteiger partial charge is 0.411 e. The molecule has 1 heterocycles. The summed E-state index contributed by atoms with van der Waals surface area (Å²) in [7, 11) is 0. The van der Waals surface area contributed by atoms with E-state index in [1.807, 2.05) is 20.8 Å². The van der Waals surface area contributed by atoms with Crippen molar-refractivity contribution in [2.45, 2.75) is 27.3 Å². The van der Waals surface area contributed by atoms with Gasteiger partial charge in [-0.2, -0.15) is 0 Å². The van der Waals surface area contributed by atoms with Crippen LogP contribution in [0.25, 0.3) is 0 Å². The summed E-state index contributed by atoms with van der Waals surface area (Å²) in [6.07, 6.45) is 2.64. The molecule has 7 heteroatoms. The smallest absolute Gasteiger partial charge is 0.381 e. The molecule has 1 rings (SSSR count). The summed E-state index contributed by atoms with van der Waals surface area (Å²) in [5, 5.41) is 22.5. The molecule has 0 spiro atoms. The molecule has 0 radical (unpaired) electrons. The molecule has 88 valence electrons. The van der Waals surface area contributed by atoms with Crippen LogP contribution < -0.4 is 0 Å². The van der Waals surface area contributed by atoms with Gasteiger partial charge in [-0.05, 0) is 9.91 Å². The molecule has 0 aliphatic heterocycles. The Morgan fingerprint density at radius 3 is 2.69 bits per heavy atom. The Bertz CT molecular complexity index is 417. The highest BCUT2D eigenvalue weighted by molar-refractivity contribution is 5.88. The minimum Gasteiger partial charge on any atom is -0.411 e. The van der Waals surface area contributed by atoms with Crippen molar-refractivity contribution in [3.8, 4) is 0 Å². The van der Waals surface area contributed by atoms with Crippen molar-refractivity contribution in [1.82, 2.24) is 9.55 Å². The first-order valence-electron chi connectivity index (χ1n) is 4.72. The number of imidazole rings is 1. The Morgan fingerprint density at radius 1 is 1.69 bits per heavy atom. The highest BCUT2D eigenvalue weighted by Crippen LogP contribution is 2.18. The van der Waals surface area contributed by atoms with E-state index in [-0.39, 0.29) is 17.8 Å². The maximum atomic E-state index is 10.4. The molecular weight excluding hydrogens is 212 g/mol. The SMILES string of the molecule is CC(C)(C)/C(Cn1cnc([N+](=O)[O-])c1)=N\O. The molecular formula is C9H14N4O3. The summed E-state index contributed by atoms with van der Waals surface area (Å²) < 4.78 is 1.51. The van der Waals surface area contributed by atoms with Crippen LogP contribution in [0.2, 0.25) is 0 Å². The summed E-state index contributed by atoms with van der Waals surface area (Å²) >= 11 is 0. The van der Waals surface area contributed by atoms with Gasteiger partial charge in [0.05, 0.1) is 12.3 Å². The number of oxime groups is 1. The molecule has 0 amide bonds.